The Morgan fingerprint density at radius 3 is 2.30 bits per heavy atom. The van der Waals surface area contributed by atoms with Gasteiger partial charge in [0, 0.05) is 0 Å². The standard InChI is InChI=1S/C18H20O5/c19-15-12-22-18(23-14-9-5-2-6-10-14)16(20)17(15)21-11-13-7-3-1-4-8-13/h1-10,15-20H,11-12H2/t15-,16+,17-,18-/m0/s1. The molecule has 1 fully saturated rings. The summed E-state index contributed by atoms with van der Waals surface area (Å²) in [5, 5.41) is 20.4. The zero-order valence-electron chi connectivity index (χ0n) is 12.6. The summed E-state index contributed by atoms with van der Waals surface area (Å²) in [4.78, 5) is 0. The zero-order valence-corrected chi connectivity index (χ0v) is 12.6. The van der Waals surface area contributed by atoms with Gasteiger partial charge >= 0.3 is 0 Å². The molecule has 0 radical (unpaired) electrons. The van der Waals surface area contributed by atoms with Crippen LogP contribution in [0.15, 0.2) is 60.7 Å². The molecule has 2 aromatic rings. The topological polar surface area (TPSA) is 68.2 Å². The second-order valence-corrected chi connectivity index (χ2v) is 5.45. The highest BCUT2D eigenvalue weighted by atomic mass is 16.7. The molecule has 2 N–H and O–H groups in total. The fourth-order valence-electron chi connectivity index (χ4n) is 2.48. The SMILES string of the molecule is O[C@H]1[C@H](Oc2ccccc2)OC[C@H](O)[C@@H]1OCc1ccccc1. The van der Waals surface area contributed by atoms with E-state index >= 15 is 0 Å². The van der Waals surface area contributed by atoms with Crippen molar-refractivity contribution in [2.75, 3.05) is 6.61 Å². The van der Waals surface area contributed by atoms with Crippen LogP contribution in [0, 0.1) is 0 Å². The molecule has 0 amide bonds. The van der Waals surface area contributed by atoms with Gasteiger partial charge in [0.05, 0.1) is 13.2 Å². The lowest BCUT2D eigenvalue weighted by molar-refractivity contribution is -0.254. The second kappa shape index (κ2) is 7.57. The maximum atomic E-state index is 10.4. The van der Waals surface area contributed by atoms with Gasteiger partial charge in [-0.2, -0.15) is 0 Å². The number of aliphatic hydroxyl groups excluding tert-OH is 2. The van der Waals surface area contributed by atoms with Gasteiger partial charge in [0.25, 0.3) is 0 Å². The number of hydrogen-bond donors (Lipinski definition) is 2. The van der Waals surface area contributed by atoms with Crippen molar-refractivity contribution >= 4 is 0 Å². The smallest absolute Gasteiger partial charge is 0.228 e. The first-order valence-corrected chi connectivity index (χ1v) is 7.59. The van der Waals surface area contributed by atoms with E-state index in [-0.39, 0.29) is 6.61 Å². The minimum Gasteiger partial charge on any atom is -0.462 e. The van der Waals surface area contributed by atoms with Gasteiger partial charge in [0.1, 0.15) is 24.1 Å². The summed E-state index contributed by atoms with van der Waals surface area (Å²) in [5.41, 5.74) is 0.971. The van der Waals surface area contributed by atoms with E-state index in [9.17, 15) is 10.2 Å². The monoisotopic (exact) mass is 316 g/mol. The van der Waals surface area contributed by atoms with Crippen molar-refractivity contribution in [3.05, 3.63) is 66.2 Å². The summed E-state index contributed by atoms with van der Waals surface area (Å²) in [5.74, 6) is 0.592. The van der Waals surface area contributed by atoms with Gasteiger partial charge in [-0.15, -0.1) is 0 Å². The number of para-hydroxylation sites is 1. The minimum absolute atomic E-state index is 0.0496. The molecule has 1 saturated heterocycles. The van der Waals surface area contributed by atoms with Crippen molar-refractivity contribution in [2.24, 2.45) is 0 Å². The van der Waals surface area contributed by atoms with E-state index < -0.39 is 24.6 Å². The van der Waals surface area contributed by atoms with Gasteiger partial charge in [-0.1, -0.05) is 48.5 Å². The quantitative estimate of drug-likeness (QED) is 0.879. The van der Waals surface area contributed by atoms with Gasteiger partial charge in [0.15, 0.2) is 0 Å². The summed E-state index contributed by atoms with van der Waals surface area (Å²) < 4.78 is 16.7. The fourth-order valence-corrected chi connectivity index (χ4v) is 2.48. The third kappa shape index (κ3) is 4.09. The van der Waals surface area contributed by atoms with Crippen LogP contribution in [0.25, 0.3) is 0 Å². The molecule has 0 aliphatic carbocycles. The third-order valence-corrected chi connectivity index (χ3v) is 3.71. The van der Waals surface area contributed by atoms with Gasteiger partial charge in [-0.3, -0.25) is 0 Å². The van der Waals surface area contributed by atoms with Crippen molar-refractivity contribution in [3.63, 3.8) is 0 Å². The predicted octanol–water partition coefficient (Wildman–Crippen LogP) is 1.73. The summed E-state index contributed by atoms with van der Waals surface area (Å²) in [7, 11) is 0. The van der Waals surface area contributed by atoms with E-state index in [0.717, 1.165) is 5.56 Å². The molecule has 0 saturated carbocycles. The molecule has 1 aliphatic rings. The van der Waals surface area contributed by atoms with E-state index in [0.29, 0.717) is 12.4 Å². The highest BCUT2D eigenvalue weighted by Crippen LogP contribution is 2.23. The Labute approximate surface area is 135 Å². The number of aliphatic hydroxyl groups is 2. The van der Waals surface area contributed by atoms with Crippen molar-refractivity contribution < 1.29 is 24.4 Å². The summed E-state index contributed by atoms with van der Waals surface area (Å²) in [6, 6.07) is 18.7. The van der Waals surface area contributed by atoms with Gasteiger partial charge in [-0.05, 0) is 17.7 Å². The highest BCUT2D eigenvalue weighted by Gasteiger charge is 2.41. The van der Waals surface area contributed by atoms with E-state index in [1.165, 1.54) is 0 Å². The fraction of sp³-hybridized carbons (Fsp3) is 0.333. The third-order valence-electron chi connectivity index (χ3n) is 3.71. The van der Waals surface area contributed by atoms with Crippen LogP contribution in [0.1, 0.15) is 5.56 Å². The predicted molar refractivity (Wildman–Crippen MR) is 83.8 cm³/mol. The molecule has 1 aliphatic heterocycles. The van der Waals surface area contributed by atoms with Crippen LogP contribution >= 0.6 is 0 Å². The molecule has 23 heavy (non-hydrogen) atoms. The number of ether oxygens (including phenoxy) is 3. The summed E-state index contributed by atoms with van der Waals surface area (Å²) in [6.07, 6.45) is -3.62. The van der Waals surface area contributed by atoms with Crippen LogP contribution in [0.2, 0.25) is 0 Å². The minimum atomic E-state index is -1.08. The Morgan fingerprint density at radius 1 is 0.957 bits per heavy atom. The summed E-state index contributed by atoms with van der Waals surface area (Å²) >= 11 is 0. The number of rotatable bonds is 5. The number of hydrogen-bond acceptors (Lipinski definition) is 5. The van der Waals surface area contributed by atoms with Crippen LogP contribution in [0.3, 0.4) is 0 Å². The molecular weight excluding hydrogens is 296 g/mol. The molecule has 0 unspecified atom stereocenters. The van der Waals surface area contributed by atoms with Crippen molar-refractivity contribution in [3.8, 4) is 5.75 Å². The largest absolute Gasteiger partial charge is 0.462 e. The lowest BCUT2D eigenvalue weighted by Crippen LogP contribution is -2.55. The van der Waals surface area contributed by atoms with Gasteiger partial charge < -0.3 is 24.4 Å². The van der Waals surface area contributed by atoms with Crippen LogP contribution in [0.5, 0.6) is 5.75 Å². The normalized spacial score (nSPS) is 27.6. The average Bonchev–Trinajstić information content (AvgIpc) is 2.59. The van der Waals surface area contributed by atoms with Crippen LogP contribution in [0.4, 0.5) is 0 Å². The first-order chi connectivity index (χ1) is 11.2. The van der Waals surface area contributed by atoms with Gasteiger partial charge in [0.2, 0.25) is 6.29 Å². The zero-order chi connectivity index (χ0) is 16.1. The van der Waals surface area contributed by atoms with Crippen molar-refractivity contribution in [1.29, 1.82) is 0 Å². The van der Waals surface area contributed by atoms with Crippen molar-refractivity contribution in [1.82, 2.24) is 0 Å². The van der Waals surface area contributed by atoms with E-state index in [1.807, 2.05) is 48.5 Å². The van der Waals surface area contributed by atoms with Crippen LogP contribution < -0.4 is 4.74 Å². The van der Waals surface area contributed by atoms with E-state index in [1.54, 1.807) is 12.1 Å². The maximum absolute atomic E-state index is 10.4. The molecule has 4 atom stereocenters. The van der Waals surface area contributed by atoms with Crippen LogP contribution in [-0.2, 0) is 16.1 Å². The molecule has 0 spiro atoms. The van der Waals surface area contributed by atoms with E-state index in [4.69, 9.17) is 14.2 Å². The Balaban J connectivity index is 1.62. The Hall–Kier alpha value is -1.92. The molecular formula is C18H20O5. The molecule has 0 aromatic heterocycles. The first kappa shape index (κ1) is 16.0. The Morgan fingerprint density at radius 2 is 1.61 bits per heavy atom. The molecule has 3 rings (SSSR count). The maximum Gasteiger partial charge on any atom is 0.228 e. The lowest BCUT2D eigenvalue weighted by Gasteiger charge is -2.37. The number of benzene rings is 2. The van der Waals surface area contributed by atoms with E-state index in [2.05, 4.69) is 0 Å². The average molecular weight is 316 g/mol. The lowest BCUT2D eigenvalue weighted by atomic mass is 10.0. The highest BCUT2D eigenvalue weighted by molar-refractivity contribution is 5.21. The molecule has 122 valence electrons. The molecule has 2 aromatic carbocycles. The summed E-state index contributed by atoms with van der Waals surface area (Å²) in [6.45, 7) is 0.353. The Bertz CT molecular complexity index is 589. The van der Waals surface area contributed by atoms with Crippen molar-refractivity contribution in [2.45, 2.75) is 31.2 Å². The van der Waals surface area contributed by atoms with Crippen LogP contribution in [-0.4, -0.2) is 41.4 Å². The molecule has 5 heteroatoms. The first-order valence-electron chi connectivity index (χ1n) is 7.59. The second-order valence-electron chi connectivity index (χ2n) is 5.45. The van der Waals surface area contributed by atoms with Gasteiger partial charge in [-0.25, -0.2) is 0 Å². The molecule has 0 bridgehead atoms. The molecule has 5 nitrogen and oxygen atoms in total. The Kier molecular flexibility index (Phi) is 5.25. The molecule has 1 heterocycles.